The fourth-order valence-electron chi connectivity index (χ4n) is 3.94. The molecular formula is C20H21N3O3S. The van der Waals surface area contributed by atoms with Gasteiger partial charge in [0, 0.05) is 22.8 Å². The molecule has 0 atom stereocenters. The molecule has 2 fully saturated rings. The molecule has 0 bridgehead atoms. The normalized spacial score (nSPS) is 18.8. The molecule has 2 aliphatic rings. The third-order valence-corrected chi connectivity index (χ3v) is 6.70. The summed E-state index contributed by atoms with van der Waals surface area (Å²) in [6, 6.07) is 5.18. The number of amides is 3. The minimum absolute atomic E-state index is 0.209. The lowest BCUT2D eigenvalue weighted by Gasteiger charge is -2.30. The van der Waals surface area contributed by atoms with Crippen LogP contribution in [0.15, 0.2) is 30.6 Å². The van der Waals surface area contributed by atoms with Gasteiger partial charge in [-0.25, -0.2) is 4.79 Å². The van der Waals surface area contributed by atoms with Gasteiger partial charge in [-0.1, -0.05) is 25.3 Å². The van der Waals surface area contributed by atoms with Crippen molar-refractivity contribution in [2.75, 3.05) is 6.54 Å². The zero-order valence-electron chi connectivity index (χ0n) is 15.2. The van der Waals surface area contributed by atoms with Crippen molar-refractivity contribution in [3.63, 3.8) is 0 Å². The van der Waals surface area contributed by atoms with E-state index in [0.717, 1.165) is 40.2 Å². The van der Waals surface area contributed by atoms with Gasteiger partial charge >= 0.3 is 6.03 Å². The minimum atomic E-state index is -0.790. The Hall–Kier alpha value is -2.54. The molecule has 0 aromatic carbocycles. The second-order valence-corrected chi connectivity index (χ2v) is 8.30. The highest BCUT2D eigenvalue weighted by Crippen LogP contribution is 2.35. The van der Waals surface area contributed by atoms with Gasteiger partial charge in [0.05, 0.1) is 11.4 Å². The number of ketones is 1. The van der Waals surface area contributed by atoms with Crippen molar-refractivity contribution in [3.05, 3.63) is 41.0 Å². The zero-order valence-corrected chi connectivity index (χ0v) is 16.0. The molecule has 2 aromatic rings. The summed E-state index contributed by atoms with van der Waals surface area (Å²) in [5.74, 6) is -0.462. The van der Waals surface area contributed by atoms with Crippen LogP contribution in [0.2, 0.25) is 0 Å². The second-order valence-electron chi connectivity index (χ2n) is 7.25. The van der Waals surface area contributed by atoms with Crippen LogP contribution >= 0.6 is 11.3 Å². The molecule has 2 aromatic heterocycles. The number of urea groups is 1. The molecule has 3 amide bonds. The van der Waals surface area contributed by atoms with E-state index in [9.17, 15) is 14.4 Å². The monoisotopic (exact) mass is 383 g/mol. The predicted octanol–water partition coefficient (Wildman–Crippen LogP) is 3.56. The molecule has 4 rings (SSSR count). The van der Waals surface area contributed by atoms with Crippen LogP contribution in [0.25, 0.3) is 10.4 Å². The van der Waals surface area contributed by atoms with E-state index < -0.39 is 11.6 Å². The maximum atomic E-state index is 12.8. The largest absolute Gasteiger partial charge is 0.325 e. The van der Waals surface area contributed by atoms with E-state index in [1.54, 1.807) is 12.4 Å². The number of nitrogens with one attached hydrogen (secondary N) is 1. The van der Waals surface area contributed by atoms with E-state index in [1.807, 2.05) is 25.1 Å². The zero-order chi connectivity index (χ0) is 19.0. The van der Waals surface area contributed by atoms with E-state index >= 15 is 0 Å². The average molecular weight is 383 g/mol. The number of hydrogen-bond donors (Lipinski definition) is 1. The number of Topliss-reactive ketones (excluding diaryl/α,β-unsaturated/α-hetero) is 1. The molecule has 1 saturated heterocycles. The fourth-order valence-corrected chi connectivity index (χ4v) is 5.03. The van der Waals surface area contributed by atoms with Crippen molar-refractivity contribution in [1.82, 2.24) is 15.2 Å². The van der Waals surface area contributed by atoms with Crippen LogP contribution < -0.4 is 5.32 Å². The number of carbonyl (C=O) groups is 3. The first kappa shape index (κ1) is 17.9. The Labute approximate surface area is 161 Å². The summed E-state index contributed by atoms with van der Waals surface area (Å²) in [7, 11) is 0. The molecule has 1 N–H and O–H groups in total. The Balaban J connectivity index is 1.53. The van der Waals surface area contributed by atoms with Crippen LogP contribution in [-0.2, 0) is 4.79 Å². The highest BCUT2D eigenvalue weighted by molar-refractivity contribution is 7.17. The van der Waals surface area contributed by atoms with Crippen LogP contribution in [0.4, 0.5) is 4.79 Å². The fraction of sp³-hybridized carbons (Fsp3) is 0.400. The number of carbonyl (C=O) groups excluding carboxylic acids is 3. The van der Waals surface area contributed by atoms with E-state index in [4.69, 9.17) is 0 Å². The standard InChI is InChI=1S/C20H21N3O3S/c1-13-10-16(27-17(13)14-6-5-9-21-11-14)15(24)12-23-18(25)20(22-19(23)26)7-3-2-4-8-20/h5-6,9-11H,2-4,7-8,12H2,1H3,(H,22,26). The first-order valence-electron chi connectivity index (χ1n) is 9.18. The molecule has 1 spiro atoms. The number of imide groups is 1. The van der Waals surface area contributed by atoms with Crippen LogP contribution in [0.3, 0.4) is 0 Å². The third-order valence-electron chi connectivity index (χ3n) is 5.37. The lowest BCUT2D eigenvalue weighted by atomic mass is 9.82. The Morgan fingerprint density at radius 2 is 2.07 bits per heavy atom. The molecule has 0 radical (unpaired) electrons. The van der Waals surface area contributed by atoms with Gasteiger partial charge in [0.1, 0.15) is 5.54 Å². The summed E-state index contributed by atoms with van der Waals surface area (Å²) in [6.07, 6.45) is 7.71. The number of hydrogen-bond acceptors (Lipinski definition) is 5. The Morgan fingerprint density at radius 1 is 1.30 bits per heavy atom. The van der Waals surface area contributed by atoms with Gasteiger partial charge in [0.2, 0.25) is 0 Å². The molecule has 0 unspecified atom stereocenters. The second kappa shape index (κ2) is 6.88. The summed E-state index contributed by atoms with van der Waals surface area (Å²) >= 11 is 1.37. The van der Waals surface area contributed by atoms with Crippen LogP contribution in [0.5, 0.6) is 0 Å². The minimum Gasteiger partial charge on any atom is -0.323 e. The lowest BCUT2D eigenvalue weighted by molar-refractivity contribution is -0.132. The summed E-state index contributed by atoms with van der Waals surface area (Å²) in [6.45, 7) is 1.74. The molecule has 6 nitrogen and oxygen atoms in total. The molecular weight excluding hydrogens is 362 g/mol. The van der Waals surface area contributed by atoms with Gasteiger partial charge in [-0.2, -0.15) is 0 Å². The molecule has 1 aliphatic heterocycles. The molecule has 1 saturated carbocycles. The number of thiophene rings is 1. The Bertz CT molecular complexity index is 900. The average Bonchev–Trinajstić information content (AvgIpc) is 3.17. The molecule has 7 heteroatoms. The van der Waals surface area contributed by atoms with E-state index in [2.05, 4.69) is 10.3 Å². The van der Waals surface area contributed by atoms with Gasteiger partial charge in [-0.05, 0) is 37.5 Å². The maximum Gasteiger partial charge on any atom is 0.325 e. The van der Waals surface area contributed by atoms with Crippen LogP contribution in [-0.4, -0.2) is 39.7 Å². The van der Waals surface area contributed by atoms with Gasteiger partial charge in [0.25, 0.3) is 5.91 Å². The SMILES string of the molecule is Cc1cc(C(=O)CN2C(=O)NC3(CCCCC3)C2=O)sc1-c1cccnc1. The Kier molecular flexibility index (Phi) is 4.55. The van der Waals surface area contributed by atoms with Gasteiger partial charge in [0.15, 0.2) is 5.78 Å². The van der Waals surface area contributed by atoms with Gasteiger partial charge in [-0.15, -0.1) is 11.3 Å². The van der Waals surface area contributed by atoms with Crippen molar-refractivity contribution in [2.45, 2.75) is 44.6 Å². The number of pyridine rings is 1. The summed E-state index contributed by atoms with van der Waals surface area (Å²) < 4.78 is 0. The number of aromatic nitrogens is 1. The summed E-state index contributed by atoms with van der Waals surface area (Å²) in [5.41, 5.74) is 1.15. The van der Waals surface area contributed by atoms with E-state index in [1.165, 1.54) is 11.3 Å². The van der Waals surface area contributed by atoms with Crippen molar-refractivity contribution < 1.29 is 14.4 Å². The van der Waals surface area contributed by atoms with E-state index in [0.29, 0.717) is 17.7 Å². The topological polar surface area (TPSA) is 79.4 Å². The first-order valence-corrected chi connectivity index (χ1v) is 10.00. The van der Waals surface area contributed by atoms with E-state index in [-0.39, 0.29) is 18.2 Å². The third kappa shape index (κ3) is 3.16. The van der Waals surface area contributed by atoms with Crippen LogP contribution in [0, 0.1) is 6.92 Å². The van der Waals surface area contributed by atoms with Crippen molar-refractivity contribution in [3.8, 4) is 10.4 Å². The number of aryl methyl sites for hydroxylation is 1. The lowest BCUT2D eigenvalue weighted by Crippen LogP contribution is -2.48. The Morgan fingerprint density at radius 3 is 2.78 bits per heavy atom. The molecule has 140 valence electrons. The molecule has 1 aliphatic carbocycles. The van der Waals surface area contributed by atoms with Crippen molar-refractivity contribution in [2.24, 2.45) is 0 Å². The van der Waals surface area contributed by atoms with Gasteiger partial charge < -0.3 is 5.32 Å². The summed E-state index contributed by atoms with van der Waals surface area (Å²) in [5, 5.41) is 2.85. The maximum absolute atomic E-state index is 12.8. The molecule has 3 heterocycles. The first-order chi connectivity index (χ1) is 13.0. The number of rotatable bonds is 4. The van der Waals surface area contributed by atoms with Gasteiger partial charge in [-0.3, -0.25) is 19.5 Å². The highest BCUT2D eigenvalue weighted by atomic mass is 32.1. The smallest absolute Gasteiger partial charge is 0.323 e. The van der Waals surface area contributed by atoms with Crippen molar-refractivity contribution >= 4 is 29.1 Å². The predicted molar refractivity (Wildman–Crippen MR) is 103 cm³/mol. The number of nitrogens with zero attached hydrogens (tertiary/aromatic N) is 2. The van der Waals surface area contributed by atoms with Crippen molar-refractivity contribution in [1.29, 1.82) is 0 Å². The van der Waals surface area contributed by atoms with Crippen LogP contribution in [0.1, 0.15) is 47.3 Å². The quantitative estimate of drug-likeness (QED) is 0.647. The molecule has 27 heavy (non-hydrogen) atoms. The summed E-state index contributed by atoms with van der Waals surface area (Å²) in [4.78, 5) is 44.7. The highest BCUT2D eigenvalue weighted by Gasteiger charge is 2.51.